The van der Waals surface area contributed by atoms with E-state index >= 15 is 0 Å². The molecule has 6 nitrogen and oxygen atoms in total. The van der Waals surface area contributed by atoms with Crippen molar-refractivity contribution in [3.05, 3.63) is 12.7 Å². The van der Waals surface area contributed by atoms with Crippen LogP contribution in [0.25, 0.3) is 0 Å². The molecule has 0 amide bonds. The van der Waals surface area contributed by atoms with Crippen LogP contribution in [-0.4, -0.2) is 27.0 Å². The van der Waals surface area contributed by atoms with Crippen molar-refractivity contribution in [3.63, 3.8) is 0 Å². The molecule has 7 heteroatoms. The summed E-state index contributed by atoms with van der Waals surface area (Å²) in [7, 11) is -4.22. The quantitative estimate of drug-likeness (QED) is 0.471. The minimum Gasteiger partial charge on any atom is -0.478 e. The second-order valence-corrected chi connectivity index (χ2v) is 3.38. The Kier molecular flexibility index (Phi) is 7.75. The molecular weight excluding hydrogens is 199 g/mol. The molecule has 0 atom stereocenters. The summed E-state index contributed by atoms with van der Waals surface area (Å²) < 4.78 is 14.0. The maximum absolute atomic E-state index is 9.91. The lowest BCUT2D eigenvalue weighted by Crippen LogP contribution is -1.98. The molecule has 0 aromatic carbocycles. The summed E-state index contributed by atoms with van der Waals surface area (Å²) in [5, 5.41) is 7.60. The van der Waals surface area contributed by atoms with Crippen molar-refractivity contribution in [3.8, 4) is 0 Å². The van der Waals surface area contributed by atoms with Gasteiger partial charge in [0.2, 0.25) is 0 Å². The summed E-state index contributed by atoms with van der Waals surface area (Å²) in [6.07, 6.45) is 0.413. The van der Waals surface area contributed by atoms with Gasteiger partial charge in [0.05, 0.1) is 6.10 Å². The Balaban J connectivity index is 0. The van der Waals surface area contributed by atoms with Crippen molar-refractivity contribution in [2.24, 2.45) is 0 Å². The highest BCUT2D eigenvalue weighted by Gasteiger charge is 2.14. The maximum atomic E-state index is 9.91. The first kappa shape index (κ1) is 14.8. The third kappa shape index (κ3) is 24.6. The van der Waals surface area contributed by atoms with Gasteiger partial charge in [-0.25, -0.2) is 9.36 Å². The fraction of sp³-hybridized carbons (Fsp3) is 0.500. The minimum atomic E-state index is -4.22. The number of hydrogen-bond acceptors (Lipinski definition) is 3. The molecule has 0 bridgehead atoms. The number of carboxylic acids is 1. The zero-order chi connectivity index (χ0) is 11.1. The van der Waals surface area contributed by atoms with Crippen molar-refractivity contribution < 1.29 is 28.8 Å². The zero-order valence-corrected chi connectivity index (χ0v) is 8.27. The molecule has 78 valence electrons. The second kappa shape index (κ2) is 6.80. The minimum absolute atomic E-state index is 0.421. The molecule has 0 aliphatic heterocycles. The SMILES string of the molecule is C=CC(=O)O.CC(C)OP(=O)(O)O. The first-order valence-corrected chi connectivity index (χ1v) is 4.81. The molecule has 0 unspecified atom stereocenters. The second-order valence-electron chi connectivity index (χ2n) is 2.19. The van der Waals surface area contributed by atoms with E-state index in [9.17, 15) is 9.36 Å². The topological polar surface area (TPSA) is 104 Å². The van der Waals surface area contributed by atoms with Crippen LogP contribution in [0.1, 0.15) is 13.8 Å². The van der Waals surface area contributed by atoms with Crippen LogP contribution in [0.3, 0.4) is 0 Å². The molecule has 0 saturated carbocycles. The number of phosphoric ester groups is 1. The molecule has 0 rings (SSSR count). The number of carboxylic acid groups (broad SMARTS) is 1. The van der Waals surface area contributed by atoms with E-state index < -0.39 is 19.9 Å². The van der Waals surface area contributed by atoms with Crippen LogP contribution in [0, 0.1) is 0 Å². The number of phosphoric acid groups is 1. The van der Waals surface area contributed by atoms with Crippen LogP contribution in [0.4, 0.5) is 0 Å². The van der Waals surface area contributed by atoms with E-state index in [0.717, 1.165) is 6.08 Å². The first-order valence-electron chi connectivity index (χ1n) is 3.28. The monoisotopic (exact) mass is 212 g/mol. The van der Waals surface area contributed by atoms with Crippen molar-refractivity contribution >= 4 is 13.8 Å². The number of carbonyl (C=O) groups is 1. The molecule has 0 aromatic heterocycles. The molecule has 0 aromatic rings. The molecule has 3 N–H and O–H groups in total. The molecule has 0 saturated heterocycles. The third-order valence-corrected chi connectivity index (χ3v) is 1.22. The number of hydrogen-bond donors (Lipinski definition) is 3. The lowest BCUT2D eigenvalue weighted by molar-refractivity contribution is -0.131. The number of aliphatic carboxylic acids is 1. The highest BCUT2D eigenvalue weighted by atomic mass is 31.2. The van der Waals surface area contributed by atoms with Gasteiger partial charge in [0, 0.05) is 6.08 Å². The molecule has 0 aliphatic carbocycles. The van der Waals surface area contributed by atoms with Gasteiger partial charge in [-0.1, -0.05) is 6.58 Å². The first-order chi connectivity index (χ1) is 5.69. The lowest BCUT2D eigenvalue weighted by atomic mass is 10.5. The molecule has 13 heavy (non-hydrogen) atoms. The lowest BCUT2D eigenvalue weighted by Gasteiger charge is -2.06. The highest BCUT2D eigenvalue weighted by Crippen LogP contribution is 2.37. The Bertz CT molecular complexity index is 205. The van der Waals surface area contributed by atoms with Gasteiger partial charge in [0.25, 0.3) is 0 Å². The van der Waals surface area contributed by atoms with E-state index in [0.29, 0.717) is 0 Å². The van der Waals surface area contributed by atoms with E-state index in [-0.39, 0.29) is 0 Å². The molecule has 0 aliphatic rings. The summed E-state index contributed by atoms with van der Waals surface area (Å²) in [6, 6.07) is 0. The van der Waals surface area contributed by atoms with Crippen LogP contribution < -0.4 is 0 Å². The van der Waals surface area contributed by atoms with Gasteiger partial charge < -0.3 is 14.9 Å². The average molecular weight is 212 g/mol. The molecule has 0 radical (unpaired) electrons. The van der Waals surface area contributed by atoms with E-state index in [1.807, 2.05) is 0 Å². The van der Waals surface area contributed by atoms with Crippen molar-refractivity contribution in [1.82, 2.24) is 0 Å². The largest absolute Gasteiger partial charge is 0.478 e. The van der Waals surface area contributed by atoms with Crippen LogP contribution in [0.5, 0.6) is 0 Å². The third-order valence-electron chi connectivity index (χ3n) is 0.523. The van der Waals surface area contributed by atoms with Crippen molar-refractivity contribution in [2.75, 3.05) is 0 Å². The van der Waals surface area contributed by atoms with E-state index in [4.69, 9.17) is 14.9 Å². The maximum Gasteiger partial charge on any atom is 0.469 e. The smallest absolute Gasteiger partial charge is 0.469 e. The summed E-state index contributed by atoms with van der Waals surface area (Å²) in [4.78, 5) is 25.4. The standard InChI is InChI=1S/C3H9O4P.C3H4O2/c1-3(2)7-8(4,5)6;1-2-3(4)5/h3H,1-2H3,(H2,4,5,6);2H,1H2,(H,4,5). The molecule has 0 heterocycles. The Morgan fingerprint density at radius 2 is 1.85 bits per heavy atom. The van der Waals surface area contributed by atoms with Gasteiger partial charge in [-0.15, -0.1) is 0 Å². The van der Waals surface area contributed by atoms with Gasteiger partial charge in [-0.05, 0) is 13.8 Å². The molecule has 0 fully saturated rings. The van der Waals surface area contributed by atoms with Crippen LogP contribution in [0.2, 0.25) is 0 Å². The predicted octanol–water partition coefficient (Wildman–Crippen LogP) is 0.761. The number of rotatable bonds is 3. The predicted molar refractivity (Wildman–Crippen MR) is 46.1 cm³/mol. The summed E-state index contributed by atoms with van der Waals surface area (Å²) in [5.41, 5.74) is 0. The van der Waals surface area contributed by atoms with Gasteiger partial charge >= 0.3 is 13.8 Å². The Hall–Kier alpha value is -0.680. The summed E-state index contributed by atoms with van der Waals surface area (Å²) in [5.74, 6) is -0.981. The van der Waals surface area contributed by atoms with E-state index in [1.165, 1.54) is 0 Å². The Labute approximate surface area is 76.1 Å². The van der Waals surface area contributed by atoms with Gasteiger partial charge in [-0.3, -0.25) is 4.52 Å². The fourth-order valence-electron chi connectivity index (χ4n) is 0.275. The van der Waals surface area contributed by atoms with Crippen LogP contribution >= 0.6 is 7.82 Å². The normalized spacial score (nSPS) is 10.2. The fourth-order valence-corrected chi connectivity index (χ4v) is 0.824. The Morgan fingerprint density at radius 3 is 1.85 bits per heavy atom. The van der Waals surface area contributed by atoms with Gasteiger partial charge in [0.15, 0.2) is 0 Å². The zero-order valence-electron chi connectivity index (χ0n) is 7.38. The van der Waals surface area contributed by atoms with Crippen LogP contribution in [0.15, 0.2) is 12.7 Å². The van der Waals surface area contributed by atoms with Gasteiger partial charge in [-0.2, -0.15) is 0 Å². The van der Waals surface area contributed by atoms with Crippen molar-refractivity contribution in [2.45, 2.75) is 20.0 Å². The average Bonchev–Trinajstić information content (AvgIpc) is 1.83. The van der Waals surface area contributed by atoms with E-state index in [2.05, 4.69) is 11.1 Å². The highest BCUT2D eigenvalue weighted by molar-refractivity contribution is 7.46. The molecule has 0 spiro atoms. The molecular formula is C6H13O6P. The van der Waals surface area contributed by atoms with E-state index in [1.54, 1.807) is 13.8 Å². The van der Waals surface area contributed by atoms with Crippen LogP contribution in [-0.2, 0) is 13.9 Å². The Morgan fingerprint density at radius 1 is 1.54 bits per heavy atom. The van der Waals surface area contributed by atoms with Gasteiger partial charge in [0.1, 0.15) is 0 Å². The summed E-state index contributed by atoms with van der Waals surface area (Å²) >= 11 is 0. The summed E-state index contributed by atoms with van der Waals surface area (Å²) in [6.45, 7) is 6.07. The van der Waals surface area contributed by atoms with Crippen molar-refractivity contribution in [1.29, 1.82) is 0 Å².